The summed E-state index contributed by atoms with van der Waals surface area (Å²) in [6.07, 6.45) is 10.7. The van der Waals surface area contributed by atoms with Crippen molar-refractivity contribution in [3.8, 4) is 5.75 Å². The molecule has 326 valence electrons. The highest BCUT2D eigenvalue weighted by Gasteiger charge is 2.41. The van der Waals surface area contributed by atoms with Crippen molar-refractivity contribution >= 4 is 92.5 Å². The van der Waals surface area contributed by atoms with Crippen molar-refractivity contribution < 1.29 is 70.5 Å². The van der Waals surface area contributed by atoms with Gasteiger partial charge in [0.2, 0.25) is 0 Å². The van der Waals surface area contributed by atoms with Crippen LogP contribution in [-0.2, 0) is 49.2 Å². The third-order valence-corrected chi connectivity index (χ3v) is 10.4. The van der Waals surface area contributed by atoms with Crippen LogP contribution in [0.4, 0.5) is 14.9 Å². The number of aliphatic carboxylic acids is 1. The second-order valence-corrected chi connectivity index (χ2v) is 20.8. The highest BCUT2D eigenvalue weighted by molar-refractivity contribution is 7.94. The van der Waals surface area contributed by atoms with Gasteiger partial charge in [0, 0.05) is 30.7 Å². The predicted molar refractivity (Wildman–Crippen MR) is 218 cm³/mol. The number of Topliss-reactive ketones (excluding diaryl/α,β-unsaturated/α-hetero) is 3. The minimum atomic E-state index is -4.35. The smallest absolute Gasteiger partial charge is 0.427 e. The average molecular weight is 928 g/mol. The number of hydrogen-bond donors (Lipinski definition) is 3. The van der Waals surface area contributed by atoms with Gasteiger partial charge in [0.1, 0.15) is 25.1 Å². The molecule has 0 spiro atoms. The highest BCUT2D eigenvalue weighted by atomic mass is 35.5. The van der Waals surface area contributed by atoms with Crippen molar-refractivity contribution in [2.24, 2.45) is 5.92 Å². The third kappa shape index (κ3) is 16.4. The second kappa shape index (κ2) is 22.8. The number of benzene rings is 2. The van der Waals surface area contributed by atoms with Crippen LogP contribution in [0.2, 0.25) is 10.0 Å². The minimum Gasteiger partial charge on any atom is -0.778 e. The predicted octanol–water partition coefficient (Wildman–Crippen LogP) is 5.10. The monoisotopic (exact) mass is 926 g/mol. The van der Waals surface area contributed by atoms with E-state index >= 15 is 0 Å². The van der Waals surface area contributed by atoms with E-state index in [1.165, 1.54) is 18.2 Å². The van der Waals surface area contributed by atoms with Gasteiger partial charge in [-0.1, -0.05) is 23.2 Å². The number of allylic oxidation sites excluding steroid dienone is 1. The molecule has 2 saturated carbocycles. The number of amides is 2. The van der Waals surface area contributed by atoms with Crippen molar-refractivity contribution in [1.82, 2.24) is 5.32 Å². The normalized spacial score (nSPS) is 16.9. The fraction of sp³-hybridized carbons (Fsp3) is 0.459. The van der Waals surface area contributed by atoms with E-state index in [0.717, 1.165) is 44.1 Å². The van der Waals surface area contributed by atoms with E-state index < -0.39 is 77.3 Å². The number of ether oxygens (including phenoxy) is 2. The number of hydrogen-bond acceptors (Lipinski definition) is 13. The summed E-state index contributed by atoms with van der Waals surface area (Å²) in [6, 6.07) is 5.97. The number of sulfone groups is 1. The molecule has 0 radical (unpaired) electrons. The first-order valence-electron chi connectivity index (χ1n) is 17.7. The first-order chi connectivity index (χ1) is 27.2. The molecule has 5 rings (SSSR count). The number of halogens is 3. The summed E-state index contributed by atoms with van der Waals surface area (Å²) in [6.45, 7) is 2.79. The number of carboxylic acid groups (broad SMARTS) is 1. The number of carboxylic acids is 1. The maximum absolute atomic E-state index is 14.3. The van der Waals surface area contributed by atoms with Gasteiger partial charge in [-0.15, -0.1) is 0 Å². The number of nitrogens with zero attached hydrogens (tertiary/aromatic N) is 1. The lowest BCUT2D eigenvalue weighted by Gasteiger charge is -2.18. The van der Waals surface area contributed by atoms with Crippen LogP contribution >= 0.6 is 30.8 Å². The van der Waals surface area contributed by atoms with Gasteiger partial charge in [0.25, 0.3) is 0 Å². The molecule has 1 heterocycles. The van der Waals surface area contributed by atoms with Crippen LogP contribution in [0.1, 0.15) is 69.2 Å². The quantitative estimate of drug-likeness (QED) is 0.0922. The number of imide groups is 1. The molecule has 0 aromatic heterocycles. The van der Waals surface area contributed by atoms with Gasteiger partial charge in [-0.25, -0.2) is 22.5 Å². The molecule has 1 atom stereocenters. The van der Waals surface area contributed by atoms with E-state index in [1.807, 2.05) is 5.32 Å². The van der Waals surface area contributed by atoms with Crippen LogP contribution < -0.4 is 19.8 Å². The van der Waals surface area contributed by atoms with Gasteiger partial charge in [-0.05, 0) is 86.7 Å². The summed E-state index contributed by atoms with van der Waals surface area (Å²) >= 11 is 12.0. The van der Waals surface area contributed by atoms with E-state index in [1.54, 1.807) is 13.8 Å². The lowest BCUT2D eigenvalue weighted by molar-refractivity contribution is -0.193. The number of carbonyl (C=O) groups is 6. The molecule has 2 aromatic rings. The Morgan fingerprint density at radius 1 is 1.02 bits per heavy atom. The summed E-state index contributed by atoms with van der Waals surface area (Å²) in [7, 11) is -7.15. The number of anilines is 1. The standard InChI is InChI=1S/C17H17ClFNO4.C14H13ClO5S.C3H8NO5P.C3H9S/c1-9(2)15-16(21)20(17(22)24-15)13-8-14(11(18)7-12(13)19)23-10-5-3-4-6-10;1-21(19,20)8-5-6-9(10(15)7-8)14(18)13-11(16)3-2-4-12(13)17;5-3(6)1-4-2-10(7,8)9;1-4(2)3/h7-8,10H,3-6H2,1-2H3;5-7,13H,2-4H2,1H3;4H,1-2H2,(H,5,6)(H2,7,8,9);1-3H3/q;;;+1/p-1. The SMILES string of the molecule is CC(C)=C1OC(=O)N(c2cc(OC3CCCC3)c(Cl)cc2F)C1=O.CS(=O)(=O)c1ccc(C(=O)C2C(=O)CCCC2=O)c(Cl)c1.C[S+](C)C.O=C(O)CNCP(=O)([O-])O. The molecular formula is C37H46Cl2FN2O14PS2. The number of ketones is 3. The molecule has 16 nitrogen and oxygen atoms in total. The van der Waals surface area contributed by atoms with Crippen LogP contribution in [0.15, 0.2) is 46.6 Å². The number of rotatable bonds is 10. The van der Waals surface area contributed by atoms with Gasteiger partial charge < -0.3 is 28.9 Å². The molecule has 0 bridgehead atoms. The van der Waals surface area contributed by atoms with Crippen LogP contribution in [-0.4, -0.2) is 97.7 Å². The molecule has 1 aliphatic heterocycles. The fourth-order valence-corrected chi connectivity index (χ4v) is 7.01. The van der Waals surface area contributed by atoms with Crippen molar-refractivity contribution in [3.05, 3.63) is 63.1 Å². The van der Waals surface area contributed by atoms with Crippen LogP contribution in [0, 0.1) is 11.7 Å². The Morgan fingerprint density at radius 2 is 1.58 bits per heavy atom. The van der Waals surface area contributed by atoms with E-state index in [2.05, 4.69) is 18.8 Å². The van der Waals surface area contributed by atoms with Crippen molar-refractivity contribution in [2.45, 2.75) is 69.8 Å². The van der Waals surface area contributed by atoms with E-state index in [0.29, 0.717) is 27.8 Å². The van der Waals surface area contributed by atoms with E-state index in [4.69, 9.17) is 42.7 Å². The minimum absolute atomic E-state index is 0.00216. The molecule has 2 aromatic carbocycles. The van der Waals surface area contributed by atoms with Crippen LogP contribution in [0.3, 0.4) is 0 Å². The number of cyclic esters (lactones) is 1. The molecule has 2 aliphatic carbocycles. The van der Waals surface area contributed by atoms with Crippen LogP contribution in [0.5, 0.6) is 5.75 Å². The molecule has 3 aliphatic rings. The Labute approximate surface area is 354 Å². The van der Waals surface area contributed by atoms with Crippen molar-refractivity contribution in [3.63, 3.8) is 0 Å². The van der Waals surface area contributed by atoms with E-state index in [9.17, 15) is 51.0 Å². The largest absolute Gasteiger partial charge is 0.778 e. The van der Waals surface area contributed by atoms with Gasteiger partial charge in [0.05, 0.1) is 58.3 Å². The van der Waals surface area contributed by atoms with E-state index in [-0.39, 0.29) is 56.6 Å². The Hall–Kier alpha value is -3.68. The Morgan fingerprint density at radius 3 is 2.03 bits per heavy atom. The zero-order valence-electron chi connectivity index (χ0n) is 33.0. The zero-order valence-corrected chi connectivity index (χ0v) is 37.1. The summed E-state index contributed by atoms with van der Waals surface area (Å²) in [5.74, 6) is -5.27. The fourth-order valence-electron chi connectivity index (χ4n) is 5.43. The summed E-state index contributed by atoms with van der Waals surface area (Å²) in [5, 5.41) is 10.0. The lowest BCUT2D eigenvalue weighted by Crippen LogP contribution is -2.35. The first kappa shape index (κ1) is 51.5. The first-order valence-corrected chi connectivity index (χ1v) is 24.5. The maximum Gasteiger partial charge on any atom is 0.427 e. The Balaban J connectivity index is 0.000000312. The molecule has 3 N–H and O–H groups in total. The Kier molecular flexibility index (Phi) is 19.9. The van der Waals surface area contributed by atoms with Gasteiger partial charge in [0.15, 0.2) is 32.9 Å². The Bertz CT molecular complexity index is 2100. The molecular weight excluding hydrogens is 881 g/mol. The summed E-state index contributed by atoms with van der Waals surface area (Å²) < 4.78 is 57.8. The molecule has 59 heavy (non-hydrogen) atoms. The second-order valence-electron chi connectivity index (χ2n) is 13.9. The number of nitrogens with one attached hydrogen (secondary N) is 1. The lowest BCUT2D eigenvalue weighted by atomic mass is 9.82. The average Bonchev–Trinajstić information content (AvgIpc) is 3.72. The van der Waals surface area contributed by atoms with Gasteiger partial charge in [-0.2, -0.15) is 0 Å². The molecule has 3 fully saturated rings. The zero-order chi connectivity index (χ0) is 45.0. The van der Waals surface area contributed by atoms with Gasteiger partial charge in [-0.3, -0.25) is 29.3 Å². The molecule has 1 unspecified atom stereocenters. The maximum atomic E-state index is 14.3. The summed E-state index contributed by atoms with van der Waals surface area (Å²) in [4.78, 5) is 88.6. The highest BCUT2D eigenvalue weighted by Crippen LogP contribution is 2.38. The van der Waals surface area contributed by atoms with Crippen molar-refractivity contribution in [1.29, 1.82) is 0 Å². The molecule has 2 amide bonds. The number of carbonyl (C=O) groups excluding carboxylic acids is 5. The molecule has 22 heteroatoms. The third-order valence-electron chi connectivity index (χ3n) is 8.04. The topological polar surface area (TPSA) is 251 Å². The molecule has 1 saturated heterocycles. The van der Waals surface area contributed by atoms with Crippen LogP contribution in [0.25, 0.3) is 0 Å². The van der Waals surface area contributed by atoms with Crippen molar-refractivity contribution in [2.75, 3.05) is 42.8 Å². The van der Waals surface area contributed by atoms with Gasteiger partial charge >= 0.3 is 18.0 Å². The summed E-state index contributed by atoms with van der Waals surface area (Å²) in [5.41, 5.74) is 0.309.